The molecule has 0 aliphatic rings. The zero-order chi connectivity index (χ0) is 26.3. The Morgan fingerprint density at radius 2 is 1.47 bits per heavy atom. The summed E-state index contributed by atoms with van der Waals surface area (Å²) in [6.07, 6.45) is 2.67. The van der Waals surface area contributed by atoms with Gasteiger partial charge in [0.2, 0.25) is 5.91 Å². The number of benzene rings is 4. The monoisotopic (exact) mass is 502 g/mol. The standard InChI is InChI=1S/C34H34N2O2/c1-25(28-13-7-4-8-14-28)31(21-34(37)35-22-26-11-5-3-6-12-26)32-24-36(33-16-10-9-15-30(32)33)23-27-17-19-29(38-2)20-18-27/h3-20,24-25,31H,21-23H2,1-2H3,(H,35,37)/t25-,31-/m1/s1. The number of fused-ring (bicyclic) bond motifs is 1. The van der Waals surface area contributed by atoms with Crippen LogP contribution < -0.4 is 10.1 Å². The van der Waals surface area contributed by atoms with E-state index in [4.69, 9.17) is 4.74 Å². The molecule has 1 aromatic heterocycles. The average Bonchev–Trinajstić information content (AvgIpc) is 3.34. The lowest BCUT2D eigenvalue weighted by molar-refractivity contribution is -0.121. The molecule has 0 unspecified atom stereocenters. The Bertz CT molecular complexity index is 1470. The van der Waals surface area contributed by atoms with Crippen LogP contribution in [0.15, 0.2) is 115 Å². The summed E-state index contributed by atoms with van der Waals surface area (Å²) in [5, 5.41) is 4.35. The van der Waals surface area contributed by atoms with Crippen molar-refractivity contribution in [3.05, 3.63) is 138 Å². The zero-order valence-electron chi connectivity index (χ0n) is 22.0. The van der Waals surface area contributed by atoms with Crippen molar-refractivity contribution < 1.29 is 9.53 Å². The van der Waals surface area contributed by atoms with Gasteiger partial charge in [0.05, 0.1) is 7.11 Å². The molecule has 5 rings (SSSR count). The Labute approximate surface area is 224 Å². The molecule has 0 aliphatic carbocycles. The molecule has 0 saturated carbocycles. The van der Waals surface area contributed by atoms with Gasteiger partial charge in [0.1, 0.15) is 5.75 Å². The average molecular weight is 503 g/mol. The van der Waals surface area contributed by atoms with Crippen molar-refractivity contribution in [3.63, 3.8) is 0 Å². The van der Waals surface area contributed by atoms with Gasteiger partial charge in [0, 0.05) is 42.5 Å². The summed E-state index contributed by atoms with van der Waals surface area (Å²) in [6.45, 7) is 3.52. The molecule has 1 heterocycles. The third-order valence-electron chi connectivity index (χ3n) is 7.40. The molecule has 0 spiro atoms. The molecule has 0 aliphatic heterocycles. The van der Waals surface area contributed by atoms with Crippen LogP contribution in [0.3, 0.4) is 0 Å². The maximum absolute atomic E-state index is 13.3. The minimum absolute atomic E-state index is 0.0233. The number of aromatic nitrogens is 1. The summed E-state index contributed by atoms with van der Waals surface area (Å²) in [4.78, 5) is 13.3. The van der Waals surface area contributed by atoms with Crippen molar-refractivity contribution in [1.82, 2.24) is 9.88 Å². The third-order valence-corrected chi connectivity index (χ3v) is 7.40. The van der Waals surface area contributed by atoms with Gasteiger partial charge < -0.3 is 14.6 Å². The Hall–Kier alpha value is -4.31. The second-order valence-electron chi connectivity index (χ2n) is 9.85. The van der Waals surface area contributed by atoms with Crippen LogP contribution >= 0.6 is 0 Å². The number of nitrogens with one attached hydrogen (secondary N) is 1. The number of carbonyl (C=O) groups excluding carboxylic acids is 1. The molecule has 0 radical (unpaired) electrons. The fourth-order valence-corrected chi connectivity index (χ4v) is 5.24. The lowest BCUT2D eigenvalue weighted by atomic mass is 9.80. The molecule has 2 atom stereocenters. The summed E-state index contributed by atoms with van der Waals surface area (Å²) in [5.74, 6) is 1.10. The lowest BCUT2D eigenvalue weighted by Gasteiger charge is -2.24. The number of nitrogens with zero attached hydrogens (tertiary/aromatic N) is 1. The van der Waals surface area contributed by atoms with Crippen molar-refractivity contribution in [3.8, 4) is 5.75 Å². The first kappa shape index (κ1) is 25.3. The molecular formula is C34H34N2O2. The van der Waals surface area contributed by atoms with Crippen molar-refractivity contribution in [2.75, 3.05) is 7.11 Å². The molecule has 38 heavy (non-hydrogen) atoms. The van der Waals surface area contributed by atoms with Crippen LogP contribution in [0.25, 0.3) is 10.9 Å². The van der Waals surface area contributed by atoms with Gasteiger partial charge in [-0.2, -0.15) is 0 Å². The normalized spacial score (nSPS) is 12.7. The van der Waals surface area contributed by atoms with E-state index < -0.39 is 0 Å². The molecule has 4 nitrogen and oxygen atoms in total. The highest BCUT2D eigenvalue weighted by atomic mass is 16.5. The van der Waals surface area contributed by atoms with E-state index in [9.17, 15) is 4.79 Å². The Morgan fingerprint density at radius 3 is 2.18 bits per heavy atom. The molecule has 1 N–H and O–H groups in total. The Kier molecular flexibility index (Phi) is 7.89. The minimum Gasteiger partial charge on any atom is -0.497 e. The van der Waals surface area contributed by atoms with Crippen molar-refractivity contribution >= 4 is 16.8 Å². The molecule has 4 heteroatoms. The van der Waals surface area contributed by atoms with E-state index in [0.717, 1.165) is 17.9 Å². The first-order valence-corrected chi connectivity index (χ1v) is 13.2. The topological polar surface area (TPSA) is 43.3 Å². The first-order chi connectivity index (χ1) is 18.6. The van der Waals surface area contributed by atoms with Gasteiger partial charge in [0.25, 0.3) is 0 Å². The SMILES string of the molecule is COc1ccc(Cn2cc([C@H](CC(=O)NCc3ccccc3)[C@H](C)c3ccccc3)c3ccccc32)cc1. The van der Waals surface area contributed by atoms with Gasteiger partial charge in [-0.25, -0.2) is 0 Å². The van der Waals surface area contributed by atoms with Gasteiger partial charge >= 0.3 is 0 Å². The van der Waals surface area contributed by atoms with Gasteiger partial charge in [-0.15, -0.1) is 0 Å². The van der Waals surface area contributed by atoms with E-state index in [1.165, 1.54) is 27.6 Å². The molecule has 0 saturated heterocycles. The van der Waals surface area contributed by atoms with Crippen LogP contribution in [0.1, 0.15) is 47.4 Å². The molecule has 0 fully saturated rings. The zero-order valence-corrected chi connectivity index (χ0v) is 22.0. The number of amides is 1. The van der Waals surface area contributed by atoms with Crippen LogP contribution in [-0.4, -0.2) is 17.6 Å². The van der Waals surface area contributed by atoms with Crippen molar-refractivity contribution in [2.45, 2.75) is 38.3 Å². The lowest BCUT2D eigenvalue weighted by Crippen LogP contribution is -2.26. The smallest absolute Gasteiger partial charge is 0.220 e. The predicted octanol–water partition coefficient (Wildman–Crippen LogP) is 7.29. The molecule has 4 aromatic carbocycles. The third kappa shape index (κ3) is 5.81. The van der Waals surface area contributed by atoms with E-state index in [2.05, 4.69) is 83.7 Å². The van der Waals surface area contributed by atoms with Crippen molar-refractivity contribution in [2.24, 2.45) is 0 Å². The second kappa shape index (κ2) is 11.8. The molecular weight excluding hydrogens is 468 g/mol. The van der Waals surface area contributed by atoms with E-state index in [1.807, 2.05) is 48.5 Å². The van der Waals surface area contributed by atoms with Crippen LogP contribution in [0.5, 0.6) is 5.75 Å². The highest BCUT2D eigenvalue weighted by Crippen LogP contribution is 2.40. The minimum atomic E-state index is 0.0233. The quantitative estimate of drug-likeness (QED) is 0.218. The van der Waals surface area contributed by atoms with Gasteiger partial charge in [-0.1, -0.05) is 97.9 Å². The molecule has 192 valence electrons. The van der Waals surface area contributed by atoms with Crippen LogP contribution in [0.2, 0.25) is 0 Å². The summed E-state index contributed by atoms with van der Waals surface area (Å²) in [5.41, 5.74) is 5.92. The van der Waals surface area contributed by atoms with Gasteiger partial charge in [0.15, 0.2) is 0 Å². The number of carbonyl (C=O) groups is 1. The maximum atomic E-state index is 13.3. The summed E-state index contributed by atoms with van der Waals surface area (Å²) >= 11 is 0. The van der Waals surface area contributed by atoms with Crippen molar-refractivity contribution in [1.29, 1.82) is 0 Å². The van der Waals surface area contributed by atoms with Gasteiger partial charge in [-0.05, 0) is 46.4 Å². The second-order valence-corrected chi connectivity index (χ2v) is 9.85. The van der Waals surface area contributed by atoms with Crippen LogP contribution in [-0.2, 0) is 17.9 Å². The Morgan fingerprint density at radius 1 is 0.816 bits per heavy atom. The molecule has 1 amide bonds. The number of rotatable bonds is 10. The van der Waals surface area contributed by atoms with E-state index in [0.29, 0.717) is 13.0 Å². The largest absolute Gasteiger partial charge is 0.497 e. The summed E-state index contributed by atoms with van der Waals surface area (Å²) in [6, 6.07) is 37.3. The molecule has 0 bridgehead atoms. The maximum Gasteiger partial charge on any atom is 0.220 e. The summed E-state index contributed by atoms with van der Waals surface area (Å²) < 4.78 is 7.64. The van der Waals surface area contributed by atoms with E-state index in [1.54, 1.807) is 7.11 Å². The number of ether oxygens (including phenoxy) is 1. The number of hydrogen-bond donors (Lipinski definition) is 1. The number of para-hydroxylation sites is 1. The van der Waals surface area contributed by atoms with Gasteiger partial charge in [-0.3, -0.25) is 4.79 Å². The fraction of sp³-hybridized carbons (Fsp3) is 0.206. The highest BCUT2D eigenvalue weighted by Gasteiger charge is 2.27. The first-order valence-electron chi connectivity index (χ1n) is 13.2. The Balaban J connectivity index is 1.48. The van der Waals surface area contributed by atoms with E-state index in [-0.39, 0.29) is 17.7 Å². The molecule has 5 aromatic rings. The number of hydrogen-bond acceptors (Lipinski definition) is 2. The number of methoxy groups -OCH3 is 1. The van der Waals surface area contributed by atoms with Crippen LogP contribution in [0.4, 0.5) is 0 Å². The van der Waals surface area contributed by atoms with Crippen LogP contribution in [0, 0.1) is 0 Å². The highest BCUT2D eigenvalue weighted by molar-refractivity contribution is 5.86. The summed E-state index contributed by atoms with van der Waals surface area (Å²) in [7, 11) is 1.69. The fourth-order valence-electron chi connectivity index (χ4n) is 5.24. The predicted molar refractivity (Wildman–Crippen MR) is 155 cm³/mol. The van der Waals surface area contributed by atoms with E-state index >= 15 is 0 Å².